The minimum absolute atomic E-state index is 0.156. The van der Waals surface area contributed by atoms with Crippen LogP contribution in [0.3, 0.4) is 0 Å². The molecule has 0 saturated carbocycles. The summed E-state index contributed by atoms with van der Waals surface area (Å²) in [6.07, 6.45) is 2.28. The van der Waals surface area contributed by atoms with E-state index >= 15 is 0 Å². The summed E-state index contributed by atoms with van der Waals surface area (Å²) in [5.74, 6) is 0.723. The van der Waals surface area contributed by atoms with Crippen LogP contribution in [-0.2, 0) is 20.0 Å². The highest BCUT2D eigenvalue weighted by Crippen LogP contribution is 2.28. The van der Waals surface area contributed by atoms with E-state index in [1.807, 2.05) is 0 Å². The summed E-state index contributed by atoms with van der Waals surface area (Å²) in [6, 6.07) is 6.56. The SMILES string of the molecule is Cc1ccc2c(c1)CCCN2Cc1nn(C)c(=O)[nH]1. The summed E-state index contributed by atoms with van der Waals surface area (Å²) in [6.45, 7) is 3.79. The van der Waals surface area contributed by atoms with Gasteiger partial charge in [0.1, 0.15) is 0 Å². The van der Waals surface area contributed by atoms with Crippen LogP contribution in [0.25, 0.3) is 0 Å². The van der Waals surface area contributed by atoms with Crippen LogP contribution >= 0.6 is 0 Å². The number of aromatic amines is 1. The molecule has 0 spiro atoms. The van der Waals surface area contributed by atoms with Gasteiger partial charge in [-0.25, -0.2) is 9.48 Å². The van der Waals surface area contributed by atoms with Gasteiger partial charge in [0, 0.05) is 19.3 Å². The molecule has 0 fully saturated rings. The van der Waals surface area contributed by atoms with Gasteiger partial charge in [0.2, 0.25) is 0 Å². The molecule has 100 valence electrons. The molecular weight excluding hydrogens is 240 g/mol. The molecular formula is C14H18N4O. The molecule has 1 N–H and O–H groups in total. The van der Waals surface area contributed by atoms with E-state index in [4.69, 9.17) is 0 Å². The van der Waals surface area contributed by atoms with Gasteiger partial charge in [-0.2, -0.15) is 5.10 Å². The first-order valence-electron chi connectivity index (χ1n) is 6.60. The highest BCUT2D eigenvalue weighted by atomic mass is 16.1. The zero-order chi connectivity index (χ0) is 13.4. The van der Waals surface area contributed by atoms with Crippen LogP contribution in [0.1, 0.15) is 23.4 Å². The smallest absolute Gasteiger partial charge is 0.343 e. The van der Waals surface area contributed by atoms with Crippen molar-refractivity contribution >= 4 is 5.69 Å². The second-order valence-corrected chi connectivity index (χ2v) is 5.16. The second kappa shape index (κ2) is 4.57. The molecule has 19 heavy (non-hydrogen) atoms. The highest BCUT2D eigenvalue weighted by Gasteiger charge is 2.18. The van der Waals surface area contributed by atoms with Crippen LogP contribution < -0.4 is 10.6 Å². The van der Waals surface area contributed by atoms with Crippen LogP contribution in [0.15, 0.2) is 23.0 Å². The minimum Gasteiger partial charge on any atom is -0.364 e. The molecule has 2 heterocycles. The molecule has 5 heteroatoms. The quantitative estimate of drug-likeness (QED) is 0.885. The number of hydrogen-bond acceptors (Lipinski definition) is 3. The summed E-state index contributed by atoms with van der Waals surface area (Å²) in [4.78, 5) is 16.5. The van der Waals surface area contributed by atoms with E-state index in [-0.39, 0.29) is 5.69 Å². The van der Waals surface area contributed by atoms with Crippen LogP contribution in [0.5, 0.6) is 0 Å². The Morgan fingerprint density at radius 2 is 2.26 bits per heavy atom. The van der Waals surface area contributed by atoms with Crippen molar-refractivity contribution < 1.29 is 0 Å². The lowest BCUT2D eigenvalue weighted by molar-refractivity contribution is 0.661. The van der Waals surface area contributed by atoms with E-state index in [2.05, 4.69) is 40.1 Å². The molecule has 3 rings (SSSR count). The molecule has 2 aromatic rings. The van der Waals surface area contributed by atoms with E-state index < -0.39 is 0 Å². The van der Waals surface area contributed by atoms with Crippen molar-refractivity contribution in [2.75, 3.05) is 11.4 Å². The van der Waals surface area contributed by atoms with Gasteiger partial charge >= 0.3 is 5.69 Å². The normalized spacial score (nSPS) is 14.5. The van der Waals surface area contributed by atoms with Gasteiger partial charge in [0.25, 0.3) is 0 Å². The van der Waals surface area contributed by atoms with Gasteiger partial charge in [0.05, 0.1) is 6.54 Å². The number of benzene rings is 1. The third kappa shape index (κ3) is 2.28. The maximum atomic E-state index is 11.4. The summed E-state index contributed by atoms with van der Waals surface area (Å²) in [7, 11) is 1.66. The van der Waals surface area contributed by atoms with Crippen molar-refractivity contribution in [1.82, 2.24) is 14.8 Å². The Kier molecular flexibility index (Phi) is 2.89. The molecule has 0 amide bonds. The molecule has 1 aliphatic rings. The standard InChI is InChI=1S/C14H18N4O/c1-10-5-6-12-11(8-10)4-3-7-18(12)9-13-15-14(19)17(2)16-13/h5-6,8H,3-4,7,9H2,1-2H3,(H,15,16,19). The summed E-state index contributed by atoms with van der Waals surface area (Å²) in [5.41, 5.74) is 3.80. The Morgan fingerprint density at radius 1 is 1.42 bits per heavy atom. The topological polar surface area (TPSA) is 53.9 Å². The predicted molar refractivity (Wildman–Crippen MR) is 74.4 cm³/mol. The monoisotopic (exact) mass is 258 g/mol. The van der Waals surface area contributed by atoms with Crippen LogP contribution in [0.4, 0.5) is 5.69 Å². The molecule has 0 aliphatic carbocycles. The number of H-pyrrole nitrogens is 1. The van der Waals surface area contributed by atoms with E-state index in [1.165, 1.54) is 21.5 Å². The van der Waals surface area contributed by atoms with Gasteiger partial charge in [-0.05, 0) is 31.4 Å². The summed E-state index contributed by atoms with van der Waals surface area (Å²) >= 11 is 0. The molecule has 1 aromatic carbocycles. The number of aromatic nitrogens is 3. The number of aryl methyl sites for hydroxylation is 3. The van der Waals surface area contributed by atoms with Crippen LogP contribution in [0, 0.1) is 6.92 Å². The van der Waals surface area contributed by atoms with Crippen molar-refractivity contribution in [2.45, 2.75) is 26.3 Å². The first-order valence-corrected chi connectivity index (χ1v) is 6.60. The van der Waals surface area contributed by atoms with Crippen molar-refractivity contribution in [3.8, 4) is 0 Å². The maximum Gasteiger partial charge on any atom is 0.343 e. The Balaban J connectivity index is 1.89. The van der Waals surface area contributed by atoms with E-state index in [9.17, 15) is 4.79 Å². The third-order valence-corrected chi connectivity index (χ3v) is 3.61. The Hall–Kier alpha value is -2.04. The molecule has 0 radical (unpaired) electrons. The number of nitrogens with one attached hydrogen (secondary N) is 1. The zero-order valence-corrected chi connectivity index (χ0v) is 11.3. The van der Waals surface area contributed by atoms with Gasteiger partial charge in [-0.3, -0.25) is 4.98 Å². The van der Waals surface area contributed by atoms with Gasteiger partial charge < -0.3 is 4.90 Å². The molecule has 5 nitrogen and oxygen atoms in total. The molecule has 0 atom stereocenters. The van der Waals surface area contributed by atoms with Crippen molar-refractivity contribution in [2.24, 2.45) is 7.05 Å². The fourth-order valence-corrected chi connectivity index (χ4v) is 2.68. The molecule has 0 unspecified atom stereocenters. The van der Waals surface area contributed by atoms with E-state index in [1.54, 1.807) is 7.05 Å². The highest BCUT2D eigenvalue weighted by molar-refractivity contribution is 5.56. The summed E-state index contributed by atoms with van der Waals surface area (Å²) < 4.78 is 1.34. The number of fused-ring (bicyclic) bond motifs is 1. The number of rotatable bonds is 2. The number of hydrogen-bond donors (Lipinski definition) is 1. The zero-order valence-electron chi connectivity index (χ0n) is 11.3. The fraction of sp³-hybridized carbons (Fsp3) is 0.429. The Morgan fingerprint density at radius 3 is 3.00 bits per heavy atom. The lowest BCUT2D eigenvalue weighted by Gasteiger charge is -2.30. The molecule has 0 bridgehead atoms. The van der Waals surface area contributed by atoms with E-state index in [0.717, 1.165) is 25.2 Å². The molecule has 0 saturated heterocycles. The van der Waals surface area contributed by atoms with Crippen LogP contribution in [-0.4, -0.2) is 21.3 Å². The third-order valence-electron chi connectivity index (χ3n) is 3.61. The lowest BCUT2D eigenvalue weighted by Crippen LogP contribution is -2.29. The average Bonchev–Trinajstić information content (AvgIpc) is 2.68. The first kappa shape index (κ1) is 12.0. The fourth-order valence-electron chi connectivity index (χ4n) is 2.68. The minimum atomic E-state index is -0.156. The van der Waals surface area contributed by atoms with Crippen molar-refractivity contribution in [1.29, 1.82) is 0 Å². The van der Waals surface area contributed by atoms with Gasteiger partial charge in [-0.15, -0.1) is 0 Å². The second-order valence-electron chi connectivity index (χ2n) is 5.16. The lowest BCUT2D eigenvalue weighted by atomic mass is 9.99. The molecule has 1 aliphatic heterocycles. The van der Waals surface area contributed by atoms with Crippen molar-refractivity contribution in [3.63, 3.8) is 0 Å². The Labute approximate surface area is 111 Å². The van der Waals surface area contributed by atoms with Gasteiger partial charge in [0.15, 0.2) is 5.82 Å². The predicted octanol–water partition coefficient (Wildman–Crippen LogP) is 1.37. The van der Waals surface area contributed by atoms with E-state index in [0.29, 0.717) is 6.54 Å². The van der Waals surface area contributed by atoms with Crippen LogP contribution in [0.2, 0.25) is 0 Å². The van der Waals surface area contributed by atoms with Gasteiger partial charge in [-0.1, -0.05) is 17.7 Å². The number of nitrogens with zero attached hydrogens (tertiary/aromatic N) is 3. The van der Waals surface area contributed by atoms with Crippen molar-refractivity contribution in [3.05, 3.63) is 45.6 Å². The largest absolute Gasteiger partial charge is 0.364 e. The first-order chi connectivity index (χ1) is 9.13. The average molecular weight is 258 g/mol. The maximum absolute atomic E-state index is 11.4. The Bertz CT molecular complexity index is 656. The number of anilines is 1. The summed E-state index contributed by atoms with van der Waals surface area (Å²) in [5, 5.41) is 4.20. The molecule has 1 aromatic heterocycles.